The largest absolute Gasteiger partial charge is 0.455 e. The summed E-state index contributed by atoms with van der Waals surface area (Å²) in [5, 5.41) is 8.95. The second-order valence-corrected chi connectivity index (χ2v) is 5.06. The molecule has 1 heterocycles. The molecule has 0 saturated carbocycles. The number of ether oxygens (including phenoxy) is 1. The standard InChI is InChI=1S/C15H13BrN2O/c1-3-14-15(5-4-10(2)18-14)19-13-7-11(9-17)6-12(16)8-13/h4-8H,3H2,1-2H3. The SMILES string of the molecule is CCc1nc(C)ccc1Oc1cc(Br)cc(C#N)c1. The average molecular weight is 317 g/mol. The number of rotatable bonds is 3. The Morgan fingerprint density at radius 1 is 1.32 bits per heavy atom. The monoisotopic (exact) mass is 316 g/mol. The lowest BCUT2D eigenvalue weighted by molar-refractivity contribution is 0.472. The van der Waals surface area contributed by atoms with E-state index in [1.165, 1.54) is 0 Å². The van der Waals surface area contributed by atoms with E-state index in [1.807, 2.05) is 32.0 Å². The fourth-order valence-electron chi connectivity index (χ4n) is 1.76. The van der Waals surface area contributed by atoms with Gasteiger partial charge in [-0.1, -0.05) is 22.9 Å². The summed E-state index contributed by atoms with van der Waals surface area (Å²) in [4.78, 5) is 4.45. The third-order valence-corrected chi connectivity index (χ3v) is 3.09. The molecule has 1 aromatic heterocycles. The molecule has 0 amide bonds. The summed E-state index contributed by atoms with van der Waals surface area (Å²) >= 11 is 3.37. The fourth-order valence-corrected chi connectivity index (χ4v) is 2.23. The number of halogens is 1. The Morgan fingerprint density at radius 2 is 2.11 bits per heavy atom. The van der Waals surface area contributed by atoms with Gasteiger partial charge in [-0.15, -0.1) is 0 Å². The van der Waals surface area contributed by atoms with E-state index in [-0.39, 0.29) is 0 Å². The van der Waals surface area contributed by atoms with Gasteiger partial charge in [-0.25, -0.2) is 0 Å². The van der Waals surface area contributed by atoms with Gasteiger partial charge in [0.15, 0.2) is 0 Å². The molecular weight excluding hydrogens is 304 g/mol. The number of aromatic nitrogens is 1. The molecule has 0 fully saturated rings. The van der Waals surface area contributed by atoms with Crippen molar-refractivity contribution in [3.63, 3.8) is 0 Å². The molecule has 2 aromatic rings. The lowest BCUT2D eigenvalue weighted by Crippen LogP contribution is -1.96. The van der Waals surface area contributed by atoms with Gasteiger partial charge < -0.3 is 4.74 Å². The van der Waals surface area contributed by atoms with Crippen molar-refractivity contribution in [3.05, 3.63) is 51.8 Å². The molecule has 1 aromatic carbocycles. The van der Waals surface area contributed by atoms with Crippen molar-refractivity contribution in [2.45, 2.75) is 20.3 Å². The predicted molar refractivity (Wildman–Crippen MR) is 77.3 cm³/mol. The molecule has 0 N–H and O–H groups in total. The number of hydrogen-bond acceptors (Lipinski definition) is 3. The Morgan fingerprint density at radius 3 is 2.79 bits per heavy atom. The van der Waals surface area contributed by atoms with Gasteiger partial charge in [-0.05, 0) is 43.7 Å². The highest BCUT2D eigenvalue weighted by Gasteiger charge is 2.07. The summed E-state index contributed by atoms with van der Waals surface area (Å²) in [5.41, 5.74) is 2.44. The highest BCUT2D eigenvalue weighted by atomic mass is 79.9. The minimum absolute atomic E-state index is 0.558. The molecule has 96 valence electrons. The molecule has 0 bridgehead atoms. The molecule has 2 rings (SSSR count). The third-order valence-electron chi connectivity index (χ3n) is 2.63. The van der Waals surface area contributed by atoms with Gasteiger partial charge in [-0.3, -0.25) is 4.98 Å². The summed E-state index contributed by atoms with van der Waals surface area (Å²) in [6.45, 7) is 3.99. The molecule has 0 aliphatic carbocycles. The van der Waals surface area contributed by atoms with E-state index < -0.39 is 0 Å². The maximum atomic E-state index is 8.95. The Kier molecular flexibility index (Phi) is 4.18. The average Bonchev–Trinajstić information content (AvgIpc) is 2.40. The summed E-state index contributed by atoms with van der Waals surface area (Å²) in [7, 11) is 0. The molecule has 0 saturated heterocycles. The maximum absolute atomic E-state index is 8.95. The first-order valence-electron chi connectivity index (χ1n) is 5.97. The molecule has 0 aliphatic rings. The van der Waals surface area contributed by atoms with Gasteiger partial charge in [0.25, 0.3) is 0 Å². The number of benzene rings is 1. The second-order valence-electron chi connectivity index (χ2n) is 4.14. The summed E-state index contributed by atoms with van der Waals surface area (Å²) in [6.07, 6.45) is 0.802. The van der Waals surface area contributed by atoms with E-state index in [2.05, 4.69) is 27.0 Å². The minimum atomic E-state index is 0.558. The van der Waals surface area contributed by atoms with Crippen LogP contribution in [-0.2, 0) is 6.42 Å². The maximum Gasteiger partial charge on any atom is 0.148 e. The second kappa shape index (κ2) is 5.85. The van der Waals surface area contributed by atoms with Crippen LogP contribution in [0.4, 0.5) is 0 Å². The van der Waals surface area contributed by atoms with Gasteiger partial charge in [0.2, 0.25) is 0 Å². The quantitative estimate of drug-likeness (QED) is 0.844. The van der Waals surface area contributed by atoms with Crippen LogP contribution in [0.1, 0.15) is 23.9 Å². The molecule has 19 heavy (non-hydrogen) atoms. The molecule has 3 nitrogen and oxygen atoms in total. The molecule has 0 atom stereocenters. The summed E-state index contributed by atoms with van der Waals surface area (Å²) in [6, 6.07) is 11.2. The van der Waals surface area contributed by atoms with Crippen LogP contribution in [0.5, 0.6) is 11.5 Å². The van der Waals surface area contributed by atoms with Crippen LogP contribution < -0.4 is 4.74 Å². The number of nitriles is 1. The van der Waals surface area contributed by atoms with E-state index >= 15 is 0 Å². The van der Waals surface area contributed by atoms with Crippen LogP contribution in [-0.4, -0.2) is 4.98 Å². The Bertz CT molecular complexity index is 647. The van der Waals surface area contributed by atoms with Crippen molar-refractivity contribution < 1.29 is 4.74 Å². The topological polar surface area (TPSA) is 45.9 Å². The van der Waals surface area contributed by atoms with Crippen molar-refractivity contribution in [2.75, 3.05) is 0 Å². The van der Waals surface area contributed by atoms with Gasteiger partial charge in [0.05, 0.1) is 17.3 Å². The lowest BCUT2D eigenvalue weighted by atomic mass is 10.2. The number of aryl methyl sites for hydroxylation is 2. The molecule has 4 heteroatoms. The lowest BCUT2D eigenvalue weighted by Gasteiger charge is -2.10. The summed E-state index contributed by atoms with van der Waals surface area (Å²) < 4.78 is 6.65. The third kappa shape index (κ3) is 3.33. The number of nitrogens with zero attached hydrogens (tertiary/aromatic N) is 2. The Balaban J connectivity index is 2.36. The first-order valence-corrected chi connectivity index (χ1v) is 6.76. The minimum Gasteiger partial charge on any atom is -0.455 e. The Labute approximate surface area is 121 Å². The first-order chi connectivity index (χ1) is 9.12. The molecule has 0 unspecified atom stereocenters. The zero-order chi connectivity index (χ0) is 13.8. The van der Waals surface area contributed by atoms with Gasteiger partial charge >= 0.3 is 0 Å². The number of pyridine rings is 1. The first kappa shape index (κ1) is 13.6. The molecular formula is C15H13BrN2O. The van der Waals surface area contributed by atoms with Crippen molar-refractivity contribution in [2.24, 2.45) is 0 Å². The highest BCUT2D eigenvalue weighted by molar-refractivity contribution is 9.10. The van der Waals surface area contributed by atoms with Crippen LogP contribution in [0.2, 0.25) is 0 Å². The van der Waals surface area contributed by atoms with E-state index in [0.717, 1.165) is 28.0 Å². The molecule has 0 aliphatic heterocycles. The van der Waals surface area contributed by atoms with Crippen molar-refractivity contribution in [1.82, 2.24) is 4.98 Å². The predicted octanol–water partition coefficient (Wildman–Crippen LogP) is 4.38. The van der Waals surface area contributed by atoms with Crippen LogP contribution in [0.3, 0.4) is 0 Å². The van der Waals surface area contributed by atoms with E-state index in [1.54, 1.807) is 12.1 Å². The van der Waals surface area contributed by atoms with Crippen molar-refractivity contribution in [1.29, 1.82) is 5.26 Å². The zero-order valence-electron chi connectivity index (χ0n) is 10.8. The van der Waals surface area contributed by atoms with Gasteiger partial charge in [0.1, 0.15) is 11.5 Å². The molecule has 0 spiro atoms. The van der Waals surface area contributed by atoms with Crippen molar-refractivity contribution in [3.8, 4) is 17.6 Å². The smallest absolute Gasteiger partial charge is 0.148 e. The fraction of sp³-hybridized carbons (Fsp3) is 0.200. The highest BCUT2D eigenvalue weighted by Crippen LogP contribution is 2.28. The van der Waals surface area contributed by atoms with Crippen LogP contribution in [0.25, 0.3) is 0 Å². The van der Waals surface area contributed by atoms with Crippen molar-refractivity contribution >= 4 is 15.9 Å². The summed E-state index contributed by atoms with van der Waals surface area (Å²) in [5.74, 6) is 1.36. The Hall–Kier alpha value is -1.86. The van der Waals surface area contributed by atoms with E-state index in [9.17, 15) is 0 Å². The number of hydrogen-bond donors (Lipinski definition) is 0. The normalized spacial score (nSPS) is 10.0. The van der Waals surface area contributed by atoms with E-state index in [4.69, 9.17) is 10.00 Å². The van der Waals surface area contributed by atoms with Crippen LogP contribution in [0, 0.1) is 18.3 Å². The zero-order valence-corrected chi connectivity index (χ0v) is 12.4. The van der Waals surface area contributed by atoms with Gasteiger partial charge in [0, 0.05) is 10.2 Å². The van der Waals surface area contributed by atoms with Gasteiger partial charge in [-0.2, -0.15) is 5.26 Å². The van der Waals surface area contributed by atoms with Crippen LogP contribution >= 0.6 is 15.9 Å². The van der Waals surface area contributed by atoms with Crippen LogP contribution in [0.15, 0.2) is 34.8 Å². The molecule has 0 radical (unpaired) electrons. The van der Waals surface area contributed by atoms with E-state index in [0.29, 0.717) is 11.3 Å².